The van der Waals surface area contributed by atoms with Gasteiger partial charge < -0.3 is 20.3 Å². The van der Waals surface area contributed by atoms with Crippen molar-refractivity contribution in [1.82, 2.24) is 20.2 Å². The predicted molar refractivity (Wildman–Crippen MR) is 129 cm³/mol. The average Bonchev–Trinajstić information content (AvgIpc) is 3.31. The minimum Gasteiger partial charge on any atom is -0.490 e. The van der Waals surface area contributed by atoms with E-state index in [9.17, 15) is 9.59 Å². The molecule has 3 heterocycles. The summed E-state index contributed by atoms with van der Waals surface area (Å²) in [6.45, 7) is 5.85. The molecule has 0 unspecified atom stereocenters. The van der Waals surface area contributed by atoms with Crippen LogP contribution in [0.15, 0.2) is 61.4 Å². The van der Waals surface area contributed by atoms with Crippen LogP contribution in [0.2, 0.25) is 0 Å². The molecule has 0 saturated heterocycles. The van der Waals surface area contributed by atoms with Gasteiger partial charge in [-0.2, -0.15) is 10.1 Å². The topological polar surface area (TPSA) is 125 Å². The maximum absolute atomic E-state index is 12.3. The van der Waals surface area contributed by atoms with Crippen molar-refractivity contribution >= 4 is 51.4 Å². The Hall–Kier alpha value is -4.73. The largest absolute Gasteiger partial charge is 0.490 e. The van der Waals surface area contributed by atoms with Gasteiger partial charge in [-0.15, -0.1) is 0 Å². The van der Waals surface area contributed by atoms with Crippen LogP contribution in [0.5, 0.6) is 5.75 Å². The minimum atomic E-state index is -0.214. The van der Waals surface area contributed by atoms with Crippen molar-refractivity contribution in [2.45, 2.75) is 6.92 Å². The Morgan fingerprint density at radius 3 is 2.79 bits per heavy atom. The molecule has 0 bridgehead atoms. The average molecular weight is 455 g/mol. The van der Waals surface area contributed by atoms with Crippen LogP contribution < -0.4 is 20.3 Å². The van der Waals surface area contributed by atoms with Gasteiger partial charge in [0.25, 0.3) is 5.91 Å². The lowest BCUT2D eigenvalue weighted by Gasteiger charge is -2.29. The molecule has 2 aromatic heterocycles. The first-order chi connectivity index (χ1) is 16.5. The summed E-state index contributed by atoms with van der Waals surface area (Å²) in [7, 11) is 0. The first kappa shape index (κ1) is 21.1. The van der Waals surface area contributed by atoms with Crippen molar-refractivity contribution in [3.8, 4) is 5.75 Å². The number of benzene rings is 2. The number of carbonyl (C=O) groups is 2. The van der Waals surface area contributed by atoms with Crippen molar-refractivity contribution < 1.29 is 14.3 Å². The molecule has 10 heteroatoms. The summed E-state index contributed by atoms with van der Waals surface area (Å²) in [5.41, 5.74) is 3.23. The van der Waals surface area contributed by atoms with Crippen molar-refractivity contribution in [2.24, 2.45) is 0 Å². The third-order valence-corrected chi connectivity index (χ3v) is 5.39. The Kier molecular flexibility index (Phi) is 5.38. The summed E-state index contributed by atoms with van der Waals surface area (Å²) < 4.78 is 5.67. The zero-order valence-corrected chi connectivity index (χ0v) is 18.3. The molecular weight excluding hydrogens is 434 g/mol. The fourth-order valence-electron chi connectivity index (χ4n) is 3.71. The number of Topliss-reactive ketones (excluding diaryl/α,β-unsaturated/α-hetero) is 1. The molecule has 5 rings (SSSR count). The van der Waals surface area contributed by atoms with Crippen LogP contribution >= 0.6 is 0 Å². The summed E-state index contributed by atoms with van der Waals surface area (Å²) in [5, 5.41) is 14.3. The van der Waals surface area contributed by atoms with Gasteiger partial charge >= 0.3 is 0 Å². The van der Waals surface area contributed by atoms with E-state index < -0.39 is 0 Å². The summed E-state index contributed by atoms with van der Waals surface area (Å²) in [5.74, 6) is 0.853. The molecule has 0 fully saturated rings. The Morgan fingerprint density at radius 2 is 1.97 bits per heavy atom. The number of fused-ring (bicyclic) bond motifs is 2. The van der Waals surface area contributed by atoms with E-state index in [0.29, 0.717) is 47.6 Å². The highest BCUT2D eigenvalue weighted by Gasteiger charge is 2.23. The van der Waals surface area contributed by atoms with Gasteiger partial charge in [0.2, 0.25) is 5.95 Å². The molecule has 2 aromatic carbocycles. The number of H-pyrrole nitrogens is 1. The standard InChI is InChI=1S/C24H21N7O3/c1-3-22(33)31-8-9-34-21-7-6-17(11-20(21)31)27-23-18(14(2)32)13-25-24(29-23)28-16-5-4-15-12-26-30-19(15)10-16/h3-7,10-13H,1,8-9H2,2H3,(H,26,30)(H2,25,27,28,29). The van der Waals surface area contributed by atoms with E-state index in [1.165, 1.54) is 19.2 Å². The summed E-state index contributed by atoms with van der Waals surface area (Å²) in [4.78, 5) is 34.9. The number of hydrogen-bond donors (Lipinski definition) is 3. The van der Waals surface area contributed by atoms with Gasteiger partial charge in [0, 0.05) is 23.0 Å². The molecule has 0 spiro atoms. The highest BCUT2D eigenvalue weighted by Crippen LogP contribution is 2.35. The number of rotatable bonds is 6. The minimum absolute atomic E-state index is 0.183. The molecule has 0 radical (unpaired) electrons. The normalized spacial score (nSPS) is 12.6. The number of amides is 1. The van der Waals surface area contributed by atoms with Crippen molar-refractivity contribution in [2.75, 3.05) is 28.7 Å². The number of ether oxygens (including phenoxy) is 1. The lowest BCUT2D eigenvalue weighted by Crippen LogP contribution is -2.36. The molecular formula is C24H21N7O3. The number of hydrogen-bond acceptors (Lipinski definition) is 8. The third-order valence-electron chi connectivity index (χ3n) is 5.39. The maximum atomic E-state index is 12.3. The number of anilines is 5. The number of ketones is 1. The maximum Gasteiger partial charge on any atom is 0.250 e. The van der Waals surface area contributed by atoms with E-state index in [2.05, 4.69) is 37.4 Å². The molecule has 34 heavy (non-hydrogen) atoms. The van der Waals surface area contributed by atoms with Crippen LogP contribution in [0.1, 0.15) is 17.3 Å². The van der Waals surface area contributed by atoms with E-state index >= 15 is 0 Å². The second-order valence-electron chi connectivity index (χ2n) is 7.66. The molecule has 0 aliphatic carbocycles. The van der Waals surface area contributed by atoms with E-state index in [1.54, 1.807) is 29.3 Å². The Labute approximate surface area is 194 Å². The Morgan fingerprint density at radius 1 is 1.15 bits per heavy atom. The van der Waals surface area contributed by atoms with Crippen LogP contribution in [-0.4, -0.2) is 45.0 Å². The van der Waals surface area contributed by atoms with Crippen LogP contribution in [0.4, 0.5) is 28.8 Å². The van der Waals surface area contributed by atoms with Crippen LogP contribution in [0.3, 0.4) is 0 Å². The quantitative estimate of drug-likeness (QED) is 0.295. The highest BCUT2D eigenvalue weighted by atomic mass is 16.5. The van der Waals surface area contributed by atoms with Gasteiger partial charge in [-0.1, -0.05) is 6.58 Å². The van der Waals surface area contributed by atoms with Gasteiger partial charge in [0.1, 0.15) is 18.2 Å². The highest BCUT2D eigenvalue weighted by molar-refractivity contribution is 6.03. The number of carbonyl (C=O) groups excluding carboxylic acids is 2. The molecule has 1 aliphatic heterocycles. The summed E-state index contributed by atoms with van der Waals surface area (Å²) in [6, 6.07) is 11.1. The van der Waals surface area contributed by atoms with Crippen molar-refractivity contribution in [1.29, 1.82) is 0 Å². The van der Waals surface area contributed by atoms with Gasteiger partial charge in [-0.3, -0.25) is 14.7 Å². The number of aromatic amines is 1. The second kappa shape index (κ2) is 8.66. The number of nitrogens with zero attached hydrogens (tertiary/aromatic N) is 4. The lowest BCUT2D eigenvalue weighted by atomic mass is 10.2. The second-order valence-corrected chi connectivity index (χ2v) is 7.66. The number of aromatic nitrogens is 4. The fourth-order valence-corrected chi connectivity index (χ4v) is 3.71. The van der Waals surface area contributed by atoms with Crippen LogP contribution in [0, 0.1) is 0 Å². The summed E-state index contributed by atoms with van der Waals surface area (Å²) in [6.07, 6.45) is 4.49. The van der Waals surface area contributed by atoms with Gasteiger partial charge in [0.05, 0.1) is 29.5 Å². The summed E-state index contributed by atoms with van der Waals surface area (Å²) >= 11 is 0. The Balaban J connectivity index is 1.46. The molecule has 10 nitrogen and oxygen atoms in total. The van der Waals surface area contributed by atoms with Gasteiger partial charge in [0.15, 0.2) is 5.78 Å². The molecule has 170 valence electrons. The predicted octanol–water partition coefficient (Wildman–Crippen LogP) is 3.95. The first-order valence-corrected chi connectivity index (χ1v) is 10.6. The zero-order valence-electron chi connectivity index (χ0n) is 18.3. The molecule has 1 amide bonds. The Bertz CT molecular complexity index is 1430. The molecule has 3 N–H and O–H groups in total. The fraction of sp³-hybridized carbons (Fsp3) is 0.125. The van der Waals surface area contributed by atoms with Gasteiger partial charge in [-0.25, -0.2) is 4.98 Å². The monoisotopic (exact) mass is 455 g/mol. The lowest BCUT2D eigenvalue weighted by molar-refractivity contribution is -0.114. The zero-order chi connectivity index (χ0) is 23.7. The smallest absolute Gasteiger partial charge is 0.250 e. The van der Waals surface area contributed by atoms with E-state index in [1.807, 2.05) is 18.2 Å². The SMILES string of the molecule is C=CC(=O)N1CCOc2ccc(Nc3nc(Nc4ccc5cn[nH]c5c4)ncc3C(C)=O)cc21. The van der Waals surface area contributed by atoms with Gasteiger partial charge in [-0.05, 0) is 49.4 Å². The molecule has 4 aromatic rings. The van der Waals surface area contributed by atoms with E-state index in [-0.39, 0.29) is 11.7 Å². The first-order valence-electron chi connectivity index (χ1n) is 10.6. The molecule has 1 aliphatic rings. The molecule has 0 atom stereocenters. The van der Waals surface area contributed by atoms with E-state index in [4.69, 9.17) is 4.74 Å². The molecule has 0 saturated carbocycles. The third kappa shape index (κ3) is 4.04. The van der Waals surface area contributed by atoms with Crippen LogP contribution in [0.25, 0.3) is 10.9 Å². The van der Waals surface area contributed by atoms with E-state index in [0.717, 1.165) is 16.6 Å². The van der Waals surface area contributed by atoms with Crippen molar-refractivity contribution in [3.05, 3.63) is 67.0 Å². The van der Waals surface area contributed by atoms with Crippen molar-refractivity contribution in [3.63, 3.8) is 0 Å². The van der Waals surface area contributed by atoms with Crippen LogP contribution in [-0.2, 0) is 4.79 Å². The number of nitrogens with one attached hydrogen (secondary N) is 3.